The number of fused-ring (bicyclic) bond motifs is 2. The lowest BCUT2D eigenvalue weighted by Crippen LogP contribution is -2.26. The molecule has 0 radical (unpaired) electrons. The molecule has 4 rings (SSSR count). The predicted molar refractivity (Wildman–Crippen MR) is 118 cm³/mol. The van der Waals surface area contributed by atoms with Crippen molar-refractivity contribution in [3.8, 4) is 5.75 Å². The first-order valence-corrected chi connectivity index (χ1v) is 10.2. The van der Waals surface area contributed by atoms with Gasteiger partial charge in [-0.15, -0.1) is 0 Å². The highest BCUT2D eigenvalue weighted by Gasteiger charge is 2.32. The Morgan fingerprint density at radius 3 is 2.79 bits per heavy atom. The van der Waals surface area contributed by atoms with Crippen molar-refractivity contribution in [3.63, 3.8) is 0 Å². The first-order valence-electron chi connectivity index (χ1n) is 10.2. The first-order chi connectivity index (χ1) is 13.9. The van der Waals surface area contributed by atoms with Crippen LogP contribution in [0.25, 0.3) is 11.0 Å². The fraction of sp³-hybridized carbons (Fsp3) is 0.417. The van der Waals surface area contributed by atoms with Crippen molar-refractivity contribution in [2.45, 2.75) is 46.5 Å². The number of carbonyl (C=O) groups excluding carboxylic acids is 1. The molecular weight excluding hydrogens is 362 g/mol. The Balaban J connectivity index is 0.000000166. The summed E-state index contributed by atoms with van der Waals surface area (Å²) in [4.78, 5) is 18.5. The van der Waals surface area contributed by atoms with Gasteiger partial charge in [0.1, 0.15) is 5.75 Å². The maximum absolute atomic E-state index is 11.5. The lowest BCUT2D eigenvalue weighted by Gasteiger charge is -2.38. The van der Waals surface area contributed by atoms with E-state index in [1.165, 1.54) is 24.0 Å². The molecule has 0 bridgehead atoms. The van der Waals surface area contributed by atoms with E-state index in [2.05, 4.69) is 54.3 Å². The number of H-pyrrole nitrogens is 1. The van der Waals surface area contributed by atoms with Crippen LogP contribution in [0.15, 0.2) is 42.7 Å². The van der Waals surface area contributed by atoms with Gasteiger partial charge in [0.2, 0.25) is 0 Å². The number of aryl methyl sites for hydroxylation is 1. The van der Waals surface area contributed by atoms with Gasteiger partial charge in [0.15, 0.2) is 0 Å². The van der Waals surface area contributed by atoms with E-state index in [9.17, 15) is 4.79 Å². The number of hydrogen-bond donors (Lipinski definition) is 2. The fourth-order valence-electron chi connectivity index (χ4n) is 3.78. The minimum Gasteiger partial charge on any atom is -0.497 e. The van der Waals surface area contributed by atoms with Gasteiger partial charge in [-0.1, -0.05) is 26.8 Å². The Morgan fingerprint density at radius 1 is 1.28 bits per heavy atom. The maximum Gasteiger partial charge on any atom is 0.251 e. The molecule has 0 aliphatic heterocycles. The molecule has 1 amide bonds. The van der Waals surface area contributed by atoms with Crippen LogP contribution in [0.3, 0.4) is 0 Å². The van der Waals surface area contributed by atoms with Crippen LogP contribution in [-0.2, 0) is 6.42 Å². The van der Waals surface area contributed by atoms with Crippen LogP contribution in [0.5, 0.6) is 5.75 Å². The molecule has 2 aromatic carbocycles. The minimum absolute atomic E-state index is 0.0519. The van der Waals surface area contributed by atoms with Crippen LogP contribution in [0.4, 0.5) is 0 Å². The molecule has 29 heavy (non-hydrogen) atoms. The average molecular weight is 394 g/mol. The van der Waals surface area contributed by atoms with Crippen molar-refractivity contribution in [2.75, 3.05) is 13.7 Å². The van der Waals surface area contributed by atoms with Gasteiger partial charge in [-0.3, -0.25) is 4.79 Å². The molecule has 1 unspecified atom stereocenters. The highest BCUT2D eigenvalue weighted by molar-refractivity contribution is 5.97. The van der Waals surface area contributed by atoms with E-state index in [0.29, 0.717) is 23.4 Å². The van der Waals surface area contributed by atoms with E-state index < -0.39 is 0 Å². The van der Waals surface area contributed by atoms with Crippen molar-refractivity contribution in [1.29, 1.82) is 0 Å². The summed E-state index contributed by atoms with van der Waals surface area (Å²) in [6.45, 7) is 9.60. The summed E-state index contributed by atoms with van der Waals surface area (Å²) in [6, 6.07) is 11.9. The van der Waals surface area contributed by atoms with E-state index in [1.54, 1.807) is 25.6 Å². The molecule has 0 fully saturated rings. The number of methoxy groups -OCH3 is 1. The Morgan fingerprint density at radius 2 is 2.07 bits per heavy atom. The molecule has 1 aliphatic rings. The number of benzene rings is 2. The Kier molecular flexibility index (Phi) is 6.26. The molecular formula is C24H31N3O2. The fourth-order valence-corrected chi connectivity index (χ4v) is 3.78. The topological polar surface area (TPSA) is 67.0 Å². The highest BCUT2D eigenvalue weighted by Crippen LogP contribution is 2.45. The number of imidazole rings is 1. The number of carbonyl (C=O) groups is 1. The van der Waals surface area contributed by atoms with E-state index >= 15 is 0 Å². The smallest absolute Gasteiger partial charge is 0.251 e. The molecule has 5 heteroatoms. The quantitative estimate of drug-likeness (QED) is 0.652. The summed E-state index contributed by atoms with van der Waals surface area (Å²) in [5, 5.41) is 2.75. The maximum atomic E-state index is 11.5. The number of nitrogens with one attached hydrogen (secondary N) is 2. The number of hydrogen-bond acceptors (Lipinski definition) is 3. The first kappa shape index (κ1) is 20.9. The van der Waals surface area contributed by atoms with Crippen LogP contribution < -0.4 is 10.1 Å². The third-order valence-electron chi connectivity index (χ3n) is 6.05. The third-order valence-corrected chi connectivity index (χ3v) is 6.05. The molecule has 1 atom stereocenters. The largest absolute Gasteiger partial charge is 0.497 e. The standard InChI is InChI=1S/C14H20O.C10H11N3O/c1-10-13-6-5-12(15-4)9-11(13)7-8-14(10,2)3;1-2-11-10(14)7-3-4-8-9(5-7)13-6-12-8/h5-6,9-10H,7-8H2,1-4H3;3-6H,2H2,1H3,(H,11,14)(H,12,13). The van der Waals surface area contributed by atoms with Crippen molar-refractivity contribution < 1.29 is 9.53 Å². The van der Waals surface area contributed by atoms with Crippen LogP contribution in [0.2, 0.25) is 0 Å². The number of ether oxygens (including phenoxy) is 1. The third kappa shape index (κ3) is 4.61. The van der Waals surface area contributed by atoms with E-state index in [1.807, 2.05) is 13.0 Å². The Hall–Kier alpha value is -2.82. The van der Waals surface area contributed by atoms with Crippen molar-refractivity contribution >= 4 is 16.9 Å². The second-order valence-corrected chi connectivity index (χ2v) is 8.27. The van der Waals surface area contributed by atoms with Crippen LogP contribution >= 0.6 is 0 Å². The summed E-state index contributed by atoms with van der Waals surface area (Å²) in [7, 11) is 1.73. The normalized spacial score (nSPS) is 17.1. The molecule has 3 aromatic rings. The Bertz CT molecular complexity index is 991. The Labute approximate surface area is 172 Å². The van der Waals surface area contributed by atoms with Crippen molar-refractivity contribution in [2.24, 2.45) is 5.41 Å². The van der Waals surface area contributed by atoms with Gasteiger partial charge < -0.3 is 15.0 Å². The van der Waals surface area contributed by atoms with Gasteiger partial charge in [-0.25, -0.2) is 4.98 Å². The van der Waals surface area contributed by atoms with Crippen molar-refractivity contribution in [1.82, 2.24) is 15.3 Å². The summed E-state index contributed by atoms with van der Waals surface area (Å²) in [6.07, 6.45) is 4.07. The zero-order valence-corrected chi connectivity index (χ0v) is 18.0. The molecule has 0 spiro atoms. The van der Waals surface area contributed by atoms with E-state index in [-0.39, 0.29) is 5.91 Å². The predicted octanol–water partition coefficient (Wildman–Crippen LogP) is 5.08. The molecule has 154 valence electrons. The lowest BCUT2D eigenvalue weighted by atomic mass is 9.67. The van der Waals surface area contributed by atoms with Crippen LogP contribution in [0.1, 0.15) is 61.5 Å². The number of aromatic amines is 1. The molecule has 0 saturated carbocycles. The van der Waals surface area contributed by atoms with E-state index in [0.717, 1.165) is 16.8 Å². The number of aromatic nitrogens is 2. The van der Waals surface area contributed by atoms with Gasteiger partial charge in [0, 0.05) is 12.1 Å². The van der Waals surface area contributed by atoms with Gasteiger partial charge >= 0.3 is 0 Å². The summed E-state index contributed by atoms with van der Waals surface area (Å²) in [5.74, 6) is 1.58. The molecule has 1 aromatic heterocycles. The van der Waals surface area contributed by atoms with Gasteiger partial charge in [0.25, 0.3) is 5.91 Å². The highest BCUT2D eigenvalue weighted by atomic mass is 16.5. The molecule has 1 aliphatic carbocycles. The SMILES string of the molecule is CCNC(=O)c1ccc2nc[nH]c2c1.COc1ccc2c(c1)CCC(C)(C)C2C. The minimum atomic E-state index is -0.0519. The van der Waals surface area contributed by atoms with Gasteiger partial charge in [-0.2, -0.15) is 0 Å². The van der Waals surface area contributed by atoms with Crippen molar-refractivity contribution in [3.05, 3.63) is 59.4 Å². The second kappa shape index (κ2) is 8.68. The average Bonchev–Trinajstić information content (AvgIpc) is 3.19. The van der Waals surface area contributed by atoms with Crippen LogP contribution in [-0.4, -0.2) is 29.5 Å². The zero-order valence-electron chi connectivity index (χ0n) is 18.0. The molecule has 0 saturated heterocycles. The lowest BCUT2D eigenvalue weighted by molar-refractivity contribution is 0.0956. The van der Waals surface area contributed by atoms with Gasteiger partial charge in [0.05, 0.1) is 24.5 Å². The summed E-state index contributed by atoms with van der Waals surface area (Å²) >= 11 is 0. The molecule has 5 nitrogen and oxygen atoms in total. The number of amides is 1. The monoisotopic (exact) mass is 393 g/mol. The molecule has 1 heterocycles. The number of nitrogens with zero attached hydrogens (tertiary/aromatic N) is 1. The van der Waals surface area contributed by atoms with Gasteiger partial charge in [-0.05, 0) is 72.6 Å². The molecule has 2 N–H and O–H groups in total. The summed E-state index contributed by atoms with van der Waals surface area (Å²) in [5.41, 5.74) is 5.82. The number of rotatable bonds is 3. The summed E-state index contributed by atoms with van der Waals surface area (Å²) < 4.78 is 5.27. The zero-order chi connectivity index (χ0) is 21.0. The van der Waals surface area contributed by atoms with Crippen LogP contribution in [0, 0.1) is 5.41 Å². The second-order valence-electron chi connectivity index (χ2n) is 8.27. The van der Waals surface area contributed by atoms with E-state index in [4.69, 9.17) is 4.74 Å².